The Morgan fingerprint density at radius 2 is 1.59 bits per heavy atom. The van der Waals surface area contributed by atoms with E-state index in [1.807, 2.05) is 0 Å². The highest BCUT2D eigenvalue weighted by Crippen LogP contribution is 2.24. The number of imide groups is 1. The number of carbonyl (C=O) groups excluding carboxylic acids is 4. The Balaban J connectivity index is 2.03. The van der Waals surface area contributed by atoms with E-state index < -0.39 is 35.4 Å². The van der Waals surface area contributed by atoms with Gasteiger partial charge in [0.15, 0.2) is 0 Å². The lowest BCUT2D eigenvalue weighted by molar-refractivity contribution is -0.175. The number of hydrogen-bond donors (Lipinski definition) is 1. The zero-order chi connectivity index (χ0) is 20.4. The molecule has 146 valence electrons. The number of hydroxylamine groups is 2. The van der Waals surface area contributed by atoms with Crippen LogP contribution in [0.1, 0.15) is 55.3 Å². The number of alkyl carbamates (subject to hydrolysis) is 1. The van der Waals surface area contributed by atoms with Gasteiger partial charge in [-0.3, -0.25) is 9.59 Å². The lowest BCUT2D eigenvalue weighted by Gasteiger charge is -2.23. The normalized spacial score (nSPS) is 14.8. The van der Waals surface area contributed by atoms with E-state index in [9.17, 15) is 19.2 Å². The van der Waals surface area contributed by atoms with Crippen molar-refractivity contribution in [2.45, 2.75) is 40.2 Å². The molecule has 0 saturated carbocycles. The zero-order valence-electron chi connectivity index (χ0n) is 16.1. The molecule has 1 N–H and O–H groups in total. The quantitative estimate of drug-likeness (QED) is 0.793. The summed E-state index contributed by atoms with van der Waals surface area (Å²) in [6.07, 6.45) is -0.665. The number of ether oxygens (including phenoxy) is 1. The molecular weight excluding hydrogens is 352 g/mol. The van der Waals surface area contributed by atoms with E-state index in [1.54, 1.807) is 46.8 Å². The smallest absolute Gasteiger partial charge is 0.407 e. The summed E-state index contributed by atoms with van der Waals surface area (Å²) in [5.41, 5.74) is -0.301. The monoisotopic (exact) mass is 376 g/mol. The Kier molecular flexibility index (Phi) is 5.88. The number of rotatable bonds is 5. The predicted molar refractivity (Wildman–Crippen MR) is 95.6 cm³/mol. The van der Waals surface area contributed by atoms with Crippen LogP contribution in [0.2, 0.25) is 0 Å². The van der Waals surface area contributed by atoms with E-state index in [4.69, 9.17) is 9.57 Å². The Bertz CT molecular complexity index is 731. The zero-order valence-corrected chi connectivity index (χ0v) is 16.1. The minimum atomic E-state index is -0.782. The van der Waals surface area contributed by atoms with Crippen LogP contribution in [0.3, 0.4) is 0 Å². The van der Waals surface area contributed by atoms with Crippen LogP contribution in [0, 0.1) is 11.8 Å². The largest absolute Gasteiger partial charge is 0.444 e. The maximum Gasteiger partial charge on any atom is 0.407 e. The van der Waals surface area contributed by atoms with Crippen LogP contribution >= 0.6 is 0 Å². The molecule has 0 aliphatic carbocycles. The van der Waals surface area contributed by atoms with Crippen molar-refractivity contribution in [2.24, 2.45) is 11.8 Å². The summed E-state index contributed by atoms with van der Waals surface area (Å²) in [6.45, 7) is 8.67. The third-order valence-corrected chi connectivity index (χ3v) is 3.91. The van der Waals surface area contributed by atoms with Gasteiger partial charge in [0.2, 0.25) is 0 Å². The van der Waals surface area contributed by atoms with Crippen LogP contribution in [0.15, 0.2) is 24.3 Å². The second-order valence-electron chi connectivity index (χ2n) is 7.59. The van der Waals surface area contributed by atoms with E-state index in [0.717, 1.165) is 0 Å². The molecule has 0 radical (unpaired) electrons. The predicted octanol–water partition coefficient (Wildman–Crippen LogP) is 2.54. The number of benzene rings is 1. The van der Waals surface area contributed by atoms with E-state index >= 15 is 0 Å². The van der Waals surface area contributed by atoms with Crippen LogP contribution in [0.25, 0.3) is 0 Å². The minimum absolute atomic E-state index is 0.0470. The van der Waals surface area contributed by atoms with Gasteiger partial charge in [0.1, 0.15) is 5.60 Å². The molecule has 2 rings (SSSR count). The Labute approximate surface area is 157 Å². The van der Waals surface area contributed by atoms with Gasteiger partial charge in [-0.15, -0.1) is 0 Å². The summed E-state index contributed by atoms with van der Waals surface area (Å²) < 4.78 is 5.14. The molecule has 1 atom stereocenters. The molecule has 0 saturated heterocycles. The van der Waals surface area contributed by atoms with Crippen LogP contribution in [-0.4, -0.2) is 41.1 Å². The number of fused-ring (bicyclic) bond motifs is 1. The third kappa shape index (κ3) is 4.84. The molecule has 0 spiro atoms. The van der Waals surface area contributed by atoms with Crippen LogP contribution in [0.5, 0.6) is 0 Å². The van der Waals surface area contributed by atoms with Crippen molar-refractivity contribution < 1.29 is 28.8 Å². The average Bonchev–Trinajstić information content (AvgIpc) is 2.78. The lowest BCUT2D eigenvalue weighted by Crippen LogP contribution is -2.42. The molecule has 0 aromatic heterocycles. The number of amides is 3. The highest BCUT2D eigenvalue weighted by molar-refractivity contribution is 6.20. The van der Waals surface area contributed by atoms with Crippen LogP contribution < -0.4 is 5.32 Å². The van der Waals surface area contributed by atoms with E-state index in [0.29, 0.717) is 5.06 Å². The first-order valence-corrected chi connectivity index (χ1v) is 8.67. The summed E-state index contributed by atoms with van der Waals surface area (Å²) in [4.78, 5) is 54.0. The molecule has 8 heteroatoms. The van der Waals surface area contributed by atoms with Crippen molar-refractivity contribution in [3.05, 3.63) is 35.4 Å². The fourth-order valence-corrected chi connectivity index (χ4v) is 2.51. The van der Waals surface area contributed by atoms with Crippen molar-refractivity contribution in [1.82, 2.24) is 10.4 Å². The third-order valence-electron chi connectivity index (χ3n) is 3.91. The Hall–Kier alpha value is -2.90. The number of nitrogens with zero attached hydrogens (tertiary/aromatic N) is 1. The summed E-state index contributed by atoms with van der Waals surface area (Å²) >= 11 is 0. The Morgan fingerprint density at radius 1 is 1.07 bits per heavy atom. The SMILES string of the molecule is CC(C)C(CNC(=O)OC(C)(C)C)C(=O)ON1C(=O)c2ccccc2C1=O. The van der Waals surface area contributed by atoms with Crippen molar-refractivity contribution in [1.29, 1.82) is 0 Å². The minimum Gasteiger partial charge on any atom is -0.444 e. The maximum atomic E-state index is 12.5. The molecule has 27 heavy (non-hydrogen) atoms. The second kappa shape index (κ2) is 7.77. The fraction of sp³-hybridized carbons (Fsp3) is 0.474. The van der Waals surface area contributed by atoms with Gasteiger partial charge in [-0.25, -0.2) is 9.59 Å². The van der Waals surface area contributed by atoms with Gasteiger partial charge in [-0.05, 0) is 38.8 Å². The molecular formula is C19H24N2O6. The van der Waals surface area contributed by atoms with E-state index in [2.05, 4.69) is 5.32 Å². The summed E-state index contributed by atoms with van der Waals surface area (Å²) in [7, 11) is 0. The second-order valence-corrected chi connectivity index (χ2v) is 7.59. The first-order chi connectivity index (χ1) is 12.5. The molecule has 1 heterocycles. The van der Waals surface area contributed by atoms with Gasteiger partial charge in [0.25, 0.3) is 11.8 Å². The van der Waals surface area contributed by atoms with Gasteiger partial charge < -0.3 is 14.9 Å². The maximum absolute atomic E-state index is 12.5. The van der Waals surface area contributed by atoms with Gasteiger partial charge in [0.05, 0.1) is 17.0 Å². The summed E-state index contributed by atoms with van der Waals surface area (Å²) in [5, 5.41) is 2.98. The van der Waals surface area contributed by atoms with Gasteiger partial charge in [-0.2, -0.15) is 0 Å². The fourth-order valence-electron chi connectivity index (χ4n) is 2.51. The van der Waals surface area contributed by atoms with Crippen molar-refractivity contribution in [2.75, 3.05) is 6.54 Å². The molecule has 0 bridgehead atoms. The van der Waals surface area contributed by atoms with E-state index in [-0.39, 0.29) is 23.6 Å². The number of carbonyl (C=O) groups is 4. The highest BCUT2D eigenvalue weighted by atomic mass is 16.7. The molecule has 1 aromatic rings. The summed E-state index contributed by atoms with van der Waals surface area (Å²) in [5.74, 6) is -3.13. The molecule has 1 aliphatic heterocycles. The standard InChI is InChI=1S/C19H24N2O6/c1-11(2)14(10-20-18(25)26-19(3,4)5)17(24)27-21-15(22)12-8-6-7-9-13(12)16(21)23/h6-9,11,14H,10H2,1-5H3,(H,20,25). The lowest BCUT2D eigenvalue weighted by atomic mass is 9.96. The number of nitrogens with one attached hydrogen (secondary N) is 1. The van der Waals surface area contributed by atoms with Crippen molar-refractivity contribution >= 4 is 23.9 Å². The highest BCUT2D eigenvalue weighted by Gasteiger charge is 2.40. The average molecular weight is 376 g/mol. The molecule has 0 fully saturated rings. The van der Waals surface area contributed by atoms with Crippen LogP contribution in [0.4, 0.5) is 4.79 Å². The topological polar surface area (TPSA) is 102 Å². The molecule has 8 nitrogen and oxygen atoms in total. The van der Waals surface area contributed by atoms with Gasteiger partial charge in [-0.1, -0.05) is 31.0 Å². The van der Waals surface area contributed by atoms with Gasteiger partial charge in [0, 0.05) is 6.54 Å². The molecule has 1 aromatic carbocycles. The molecule has 1 unspecified atom stereocenters. The van der Waals surface area contributed by atoms with Crippen molar-refractivity contribution in [3.63, 3.8) is 0 Å². The number of hydrogen-bond acceptors (Lipinski definition) is 6. The van der Waals surface area contributed by atoms with Gasteiger partial charge >= 0.3 is 12.1 Å². The summed E-state index contributed by atoms with van der Waals surface area (Å²) in [6, 6.07) is 6.23. The molecule has 1 aliphatic rings. The van der Waals surface area contributed by atoms with Crippen LogP contribution in [-0.2, 0) is 14.4 Å². The molecule has 3 amide bonds. The Morgan fingerprint density at radius 3 is 2.04 bits per heavy atom. The van der Waals surface area contributed by atoms with E-state index in [1.165, 1.54) is 12.1 Å². The van der Waals surface area contributed by atoms with Crippen molar-refractivity contribution in [3.8, 4) is 0 Å². The first kappa shape index (κ1) is 20.4. The first-order valence-electron chi connectivity index (χ1n) is 8.67.